The van der Waals surface area contributed by atoms with Gasteiger partial charge in [0.15, 0.2) is 0 Å². The standard InChI is InChI=1S/C23H41N7O2/c1-15-11-29(12-16(2)32-15)22-9-21(24-14-25-22)23-19-8-17(4-5-20(19)27-28-23)18-10-26-30(13-18)6-7-31-3/h13,15-17,21-28H,4-12,14H2,1-3H3/t15-,16+,17-,21+,22+,23+/m0/s1. The van der Waals surface area contributed by atoms with Crippen LogP contribution < -0.4 is 26.9 Å². The quantitative estimate of drug-likeness (QED) is 0.392. The summed E-state index contributed by atoms with van der Waals surface area (Å²) in [6, 6.07) is 0.773. The van der Waals surface area contributed by atoms with Crippen LogP contribution in [-0.2, 0) is 9.47 Å². The van der Waals surface area contributed by atoms with Gasteiger partial charge < -0.3 is 19.9 Å². The lowest BCUT2D eigenvalue weighted by atomic mass is 9.79. The van der Waals surface area contributed by atoms with E-state index < -0.39 is 0 Å². The Hall–Kier alpha value is -1.20. The Morgan fingerprint density at radius 1 is 1.19 bits per heavy atom. The molecular formula is C23H41N7O2. The predicted molar refractivity (Wildman–Crippen MR) is 124 cm³/mol. The zero-order valence-electron chi connectivity index (χ0n) is 19.8. The van der Waals surface area contributed by atoms with Gasteiger partial charge in [0.25, 0.3) is 0 Å². The van der Waals surface area contributed by atoms with Crippen molar-refractivity contribution in [3.05, 3.63) is 23.0 Å². The van der Waals surface area contributed by atoms with Crippen LogP contribution in [0.15, 0.2) is 23.0 Å². The Morgan fingerprint density at radius 3 is 2.84 bits per heavy atom. The first kappa shape index (κ1) is 22.6. The van der Waals surface area contributed by atoms with E-state index in [1.807, 2.05) is 0 Å². The number of nitrogens with zero attached hydrogens (tertiary/aromatic N) is 2. The van der Waals surface area contributed by atoms with Gasteiger partial charge in [0.05, 0.1) is 37.6 Å². The van der Waals surface area contributed by atoms with E-state index in [-0.39, 0.29) is 0 Å². The third-order valence-electron chi connectivity index (χ3n) is 7.69. The molecule has 5 aliphatic rings. The number of methoxy groups -OCH3 is 1. The highest BCUT2D eigenvalue weighted by Crippen LogP contribution is 2.38. The number of allylic oxidation sites excluding steroid dienone is 1. The van der Waals surface area contributed by atoms with Gasteiger partial charge in [-0.2, -0.15) is 0 Å². The number of hydrazine groups is 2. The van der Waals surface area contributed by atoms with Crippen molar-refractivity contribution >= 4 is 0 Å². The maximum absolute atomic E-state index is 5.96. The fourth-order valence-electron chi connectivity index (χ4n) is 6.13. The number of hydrogen-bond donors (Lipinski definition) is 5. The van der Waals surface area contributed by atoms with Gasteiger partial charge in [0, 0.05) is 51.4 Å². The van der Waals surface area contributed by atoms with Gasteiger partial charge in [-0.1, -0.05) is 0 Å². The summed E-state index contributed by atoms with van der Waals surface area (Å²) in [5.74, 6) is 0.622. The zero-order chi connectivity index (χ0) is 22.1. The van der Waals surface area contributed by atoms with Crippen LogP contribution in [-0.4, -0.2) is 86.9 Å². The lowest BCUT2D eigenvalue weighted by Crippen LogP contribution is -2.64. The van der Waals surface area contributed by atoms with Crippen LogP contribution in [0.1, 0.15) is 39.5 Å². The Kier molecular flexibility index (Phi) is 7.03. The van der Waals surface area contributed by atoms with Crippen molar-refractivity contribution in [3.8, 4) is 0 Å². The van der Waals surface area contributed by atoms with Gasteiger partial charge in [-0.25, -0.2) is 10.9 Å². The number of rotatable bonds is 6. The minimum atomic E-state index is 0.297. The van der Waals surface area contributed by atoms with E-state index >= 15 is 0 Å². The largest absolute Gasteiger partial charge is 0.383 e. The average molecular weight is 448 g/mol. The second-order valence-corrected chi connectivity index (χ2v) is 10.1. The van der Waals surface area contributed by atoms with Crippen LogP contribution in [0.5, 0.6) is 0 Å². The van der Waals surface area contributed by atoms with Gasteiger partial charge in [-0.15, -0.1) is 0 Å². The molecule has 0 aromatic carbocycles. The highest BCUT2D eigenvalue weighted by Gasteiger charge is 2.40. The molecule has 0 saturated carbocycles. The lowest BCUT2D eigenvalue weighted by molar-refractivity contribution is -0.0893. The Morgan fingerprint density at radius 2 is 2.03 bits per heavy atom. The van der Waals surface area contributed by atoms with Gasteiger partial charge >= 0.3 is 0 Å². The molecule has 4 heterocycles. The summed E-state index contributed by atoms with van der Waals surface area (Å²) in [5, 5.41) is 9.63. The molecule has 0 radical (unpaired) electrons. The topological polar surface area (TPSA) is 85.1 Å². The fraction of sp³-hybridized carbons (Fsp3) is 0.826. The van der Waals surface area contributed by atoms with Crippen molar-refractivity contribution in [1.82, 2.24) is 36.8 Å². The molecule has 0 aromatic heterocycles. The van der Waals surface area contributed by atoms with E-state index in [4.69, 9.17) is 9.47 Å². The molecule has 4 aliphatic heterocycles. The predicted octanol–water partition coefficient (Wildman–Crippen LogP) is 0.212. The molecule has 0 bridgehead atoms. The van der Waals surface area contributed by atoms with E-state index in [2.05, 4.69) is 56.9 Å². The molecule has 0 spiro atoms. The van der Waals surface area contributed by atoms with E-state index in [1.54, 1.807) is 12.7 Å². The normalized spacial score (nSPS) is 38.6. The highest BCUT2D eigenvalue weighted by molar-refractivity contribution is 5.31. The van der Waals surface area contributed by atoms with Crippen molar-refractivity contribution < 1.29 is 9.47 Å². The Labute approximate surface area is 192 Å². The zero-order valence-corrected chi connectivity index (χ0v) is 19.8. The smallest absolute Gasteiger partial charge is 0.0678 e. The fourth-order valence-corrected chi connectivity index (χ4v) is 6.13. The monoisotopic (exact) mass is 447 g/mol. The van der Waals surface area contributed by atoms with E-state index in [1.165, 1.54) is 17.7 Å². The number of hydrogen-bond acceptors (Lipinski definition) is 9. The van der Waals surface area contributed by atoms with E-state index in [9.17, 15) is 0 Å². The molecule has 1 aliphatic carbocycles. The first-order valence-electron chi connectivity index (χ1n) is 12.4. The van der Waals surface area contributed by atoms with Gasteiger partial charge in [0.2, 0.25) is 0 Å². The first-order chi connectivity index (χ1) is 15.6. The van der Waals surface area contributed by atoms with Gasteiger partial charge in [-0.3, -0.25) is 15.5 Å². The van der Waals surface area contributed by atoms with Crippen molar-refractivity contribution in [3.63, 3.8) is 0 Å². The van der Waals surface area contributed by atoms with Gasteiger partial charge in [0.1, 0.15) is 0 Å². The first-order valence-corrected chi connectivity index (χ1v) is 12.4. The minimum absolute atomic E-state index is 0.297. The highest BCUT2D eigenvalue weighted by atomic mass is 16.5. The maximum Gasteiger partial charge on any atom is 0.0678 e. The molecule has 180 valence electrons. The summed E-state index contributed by atoms with van der Waals surface area (Å²) >= 11 is 0. The molecule has 9 heteroatoms. The van der Waals surface area contributed by atoms with Crippen molar-refractivity contribution in [2.75, 3.05) is 46.6 Å². The number of nitrogens with one attached hydrogen (secondary N) is 5. The van der Waals surface area contributed by atoms with Crippen molar-refractivity contribution in [2.45, 2.75) is 70.0 Å². The Balaban J connectivity index is 1.22. The van der Waals surface area contributed by atoms with Crippen molar-refractivity contribution in [2.24, 2.45) is 5.92 Å². The Bertz CT molecular complexity index is 719. The van der Waals surface area contributed by atoms with Crippen molar-refractivity contribution in [1.29, 1.82) is 0 Å². The second-order valence-electron chi connectivity index (χ2n) is 10.1. The summed E-state index contributed by atoms with van der Waals surface area (Å²) < 4.78 is 11.2. The van der Waals surface area contributed by atoms with E-state index in [0.717, 1.165) is 58.7 Å². The maximum atomic E-state index is 5.96. The van der Waals surface area contributed by atoms with Crippen LogP contribution in [0.4, 0.5) is 0 Å². The molecule has 32 heavy (non-hydrogen) atoms. The number of ether oxygens (including phenoxy) is 2. The molecule has 0 aromatic rings. The molecule has 2 saturated heterocycles. The second kappa shape index (κ2) is 9.97. The molecule has 5 rings (SSSR count). The molecule has 0 unspecified atom stereocenters. The van der Waals surface area contributed by atoms with Crippen LogP contribution in [0.3, 0.4) is 0 Å². The summed E-state index contributed by atoms with van der Waals surface area (Å²) in [4.78, 5) is 2.58. The molecule has 6 atom stereocenters. The third kappa shape index (κ3) is 4.84. The molecule has 5 N–H and O–H groups in total. The SMILES string of the molecule is COCCN1C=C([C@H]2CCC3=C(C2)[C@H]([C@H]2C[C@@H](N4C[C@@H](C)O[C@@H](C)C4)NCN2)NN3)CN1. The molecule has 2 fully saturated rings. The van der Waals surface area contributed by atoms with E-state index in [0.29, 0.717) is 36.4 Å². The average Bonchev–Trinajstić information content (AvgIpc) is 3.44. The molecule has 9 nitrogen and oxygen atoms in total. The summed E-state index contributed by atoms with van der Waals surface area (Å²) in [7, 11) is 1.76. The lowest BCUT2D eigenvalue weighted by Gasteiger charge is -2.45. The molecular weight excluding hydrogens is 406 g/mol. The number of morpholine rings is 1. The van der Waals surface area contributed by atoms with Crippen LogP contribution in [0.25, 0.3) is 0 Å². The van der Waals surface area contributed by atoms with Gasteiger partial charge in [-0.05, 0) is 56.6 Å². The summed E-state index contributed by atoms with van der Waals surface area (Å²) in [6.45, 7) is 9.83. The van der Waals surface area contributed by atoms with Crippen LogP contribution in [0, 0.1) is 5.92 Å². The molecule has 0 amide bonds. The summed E-state index contributed by atoms with van der Waals surface area (Å²) in [6.07, 6.45) is 7.90. The minimum Gasteiger partial charge on any atom is -0.383 e. The van der Waals surface area contributed by atoms with Crippen LogP contribution >= 0.6 is 0 Å². The van der Waals surface area contributed by atoms with Crippen LogP contribution in [0.2, 0.25) is 0 Å². The summed E-state index contributed by atoms with van der Waals surface area (Å²) in [5.41, 5.74) is 15.2. The third-order valence-corrected chi connectivity index (χ3v) is 7.69.